The molecule has 0 fully saturated rings. The van der Waals surface area contributed by atoms with Crippen LogP contribution in [-0.2, 0) is 0 Å². The van der Waals surface area contributed by atoms with Crippen molar-refractivity contribution < 1.29 is 4.79 Å². The number of aryl methyl sites for hydroxylation is 2. The van der Waals surface area contributed by atoms with E-state index in [0.29, 0.717) is 5.56 Å². The Bertz CT molecular complexity index is 1190. The Morgan fingerprint density at radius 2 is 1.76 bits per heavy atom. The van der Waals surface area contributed by atoms with Crippen molar-refractivity contribution >= 4 is 22.9 Å². The zero-order chi connectivity index (χ0) is 20.5. The molecule has 0 spiro atoms. The van der Waals surface area contributed by atoms with Gasteiger partial charge in [-0.25, -0.2) is 4.98 Å². The van der Waals surface area contributed by atoms with Crippen molar-refractivity contribution in [2.75, 3.05) is 24.3 Å². The number of anilines is 2. The quantitative estimate of drug-likeness (QED) is 0.542. The van der Waals surface area contributed by atoms with Gasteiger partial charge < -0.3 is 14.6 Å². The van der Waals surface area contributed by atoms with E-state index < -0.39 is 0 Å². The Kier molecular flexibility index (Phi) is 4.80. The van der Waals surface area contributed by atoms with Crippen molar-refractivity contribution in [2.45, 2.75) is 13.8 Å². The van der Waals surface area contributed by atoms with Crippen molar-refractivity contribution in [3.05, 3.63) is 83.7 Å². The summed E-state index contributed by atoms with van der Waals surface area (Å²) in [6, 6.07) is 17.7. The van der Waals surface area contributed by atoms with Gasteiger partial charge in [-0.2, -0.15) is 0 Å². The minimum Gasteiger partial charge on any atom is -0.378 e. The molecule has 29 heavy (non-hydrogen) atoms. The van der Waals surface area contributed by atoms with Crippen molar-refractivity contribution in [1.82, 2.24) is 9.38 Å². The van der Waals surface area contributed by atoms with Crippen molar-refractivity contribution in [2.24, 2.45) is 0 Å². The molecule has 0 atom stereocenters. The maximum atomic E-state index is 12.7. The monoisotopic (exact) mass is 384 g/mol. The smallest absolute Gasteiger partial charge is 0.255 e. The maximum absolute atomic E-state index is 12.7. The first-order valence-corrected chi connectivity index (χ1v) is 9.56. The van der Waals surface area contributed by atoms with Crippen LogP contribution >= 0.6 is 0 Å². The molecule has 2 aromatic carbocycles. The Morgan fingerprint density at radius 3 is 2.48 bits per heavy atom. The highest BCUT2D eigenvalue weighted by Gasteiger charge is 2.11. The number of hydrogen-bond donors (Lipinski definition) is 1. The molecule has 0 saturated carbocycles. The van der Waals surface area contributed by atoms with Gasteiger partial charge in [0.05, 0.1) is 5.69 Å². The fourth-order valence-corrected chi connectivity index (χ4v) is 3.24. The normalized spacial score (nSPS) is 10.9. The molecule has 5 nitrogen and oxygen atoms in total. The number of imidazole rings is 1. The number of carbonyl (C=O) groups is 1. The summed E-state index contributed by atoms with van der Waals surface area (Å²) < 4.78 is 2.01. The highest BCUT2D eigenvalue weighted by Crippen LogP contribution is 2.26. The van der Waals surface area contributed by atoms with Crippen molar-refractivity contribution in [3.8, 4) is 11.3 Å². The number of carbonyl (C=O) groups excluding carboxylic acids is 1. The minimum atomic E-state index is -0.124. The van der Waals surface area contributed by atoms with Crippen LogP contribution in [0.1, 0.15) is 21.5 Å². The predicted octanol–water partition coefficient (Wildman–Crippen LogP) is 4.94. The number of aromatic nitrogens is 2. The highest BCUT2D eigenvalue weighted by molar-refractivity contribution is 6.05. The largest absolute Gasteiger partial charge is 0.378 e. The molecule has 0 aliphatic carbocycles. The van der Waals surface area contributed by atoms with E-state index in [1.807, 2.05) is 85.2 Å². The highest BCUT2D eigenvalue weighted by atomic mass is 16.1. The number of hydrogen-bond acceptors (Lipinski definition) is 3. The van der Waals surface area contributed by atoms with Gasteiger partial charge in [0, 0.05) is 49.0 Å². The number of benzene rings is 2. The third-order valence-electron chi connectivity index (χ3n) is 5.04. The summed E-state index contributed by atoms with van der Waals surface area (Å²) in [5.41, 5.74) is 7.41. The molecule has 4 rings (SSSR count). The molecular formula is C24H24N4O. The zero-order valence-corrected chi connectivity index (χ0v) is 17.1. The Labute approximate surface area is 170 Å². The number of amides is 1. The lowest BCUT2D eigenvalue weighted by Crippen LogP contribution is -2.14. The SMILES string of the molecule is Cc1ccn2cc(-c3ccc(C)c(NC(=O)c4ccc(N(C)C)cc4)c3)nc2c1. The van der Waals surface area contributed by atoms with E-state index in [0.717, 1.165) is 33.8 Å². The molecular weight excluding hydrogens is 360 g/mol. The van der Waals surface area contributed by atoms with Crippen LogP contribution in [0.25, 0.3) is 16.9 Å². The molecule has 0 bridgehead atoms. The van der Waals surface area contributed by atoms with Crippen LogP contribution in [-0.4, -0.2) is 29.4 Å². The number of nitrogens with one attached hydrogen (secondary N) is 1. The fraction of sp³-hybridized carbons (Fsp3) is 0.167. The molecule has 1 N–H and O–H groups in total. The molecule has 1 amide bonds. The first-order valence-electron chi connectivity index (χ1n) is 9.56. The number of pyridine rings is 1. The average molecular weight is 384 g/mol. The second-order valence-corrected chi connectivity index (χ2v) is 7.52. The number of nitrogens with zero attached hydrogens (tertiary/aromatic N) is 3. The van der Waals surface area contributed by atoms with Gasteiger partial charge in [0.25, 0.3) is 5.91 Å². The summed E-state index contributed by atoms with van der Waals surface area (Å²) in [5, 5.41) is 3.04. The van der Waals surface area contributed by atoms with Gasteiger partial charge in [0.2, 0.25) is 0 Å². The molecule has 0 unspecified atom stereocenters. The molecule has 2 aromatic heterocycles. The van der Waals surface area contributed by atoms with E-state index in [4.69, 9.17) is 4.98 Å². The molecule has 5 heteroatoms. The topological polar surface area (TPSA) is 49.6 Å². The third kappa shape index (κ3) is 3.85. The summed E-state index contributed by atoms with van der Waals surface area (Å²) in [6.45, 7) is 4.04. The van der Waals surface area contributed by atoms with Gasteiger partial charge in [0.1, 0.15) is 5.65 Å². The summed E-state index contributed by atoms with van der Waals surface area (Å²) in [4.78, 5) is 19.5. The summed E-state index contributed by atoms with van der Waals surface area (Å²) >= 11 is 0. The van der Waals surface area contributed by atoms with Gasteiger partial charge in [0.15, 0.2) is 0 Å². The van der Waals surface area contributed by atoms with Crippen LogP contribution in [0.5, 0.6) is 0 Å². The number of fused-ring (bicyclic) bond motifs is 1. The molecule has 0 aliphatic rings. The first kappa shape index (κ1) is 18.7. The van der Waals surface area contributed by atoms with Crippen LogP contribution in [0, 0.1) is 13.8 Å². The standard InChI is InChI=1S/C24H24N4O/c1-16-11-12-28-15-22(25-23(28)13-16)19-6-5-17(2)21(14-19)26-24(29)18-7-9-20(10-8-18)27(3)4/h5-15H,1-4H3,(H,26,29). The van der Waals surface area contributed by atoms with Crippen LogP contribution < -0.4 is 10.2 Å². The van der Waals surface area contributed by atoms with Crippen LogP contribution in [0.2, 0.25) is 0 Å². The van der Waals surface area contributed by atoms with Crippen LogP contribution in [0.3, 0.4) is 0 Å². The average Bonchev–Trinajstić information content (AvgIpc) is 3.12. The third-order valence-corrected chi connectivity index (χ3v) is 5.04. The minimum absolute atomic E-state index is 0.124. The second kappa shape index (κ2) is 7.43. The molecule has 146 valence electrons. The maximum Gasteiger partial charge on any atom is 0.255 e. The Morgan fingerprint density at radius 1 is 1.00 bits per heavy atom. The van der Waals surface area contributed by atoms with E-state index in [1.165, 1.54) is 5.56 Å². The lowest BCUT2D eigenvalue weighted by Gasteiger charge is -2.13. The van der Waals surface area contributed by atoms with Crippen LogP contribution in [0.4, 0.5) is 11.4 Å². The van der Waals surface area contributed by atoms with E-state index in [2.05, 4.69) is 24.4 Å². The van der Waals surface area contributed by atoms with Gasteiger partial charge in [-0.05, 0) is 67.4 Å². The van der Waals surface area contributed by atoms with Crippen LogP contribution in [0.15, 0.2) is 67.0 Å². The summed E-state index contributed by atoms with van der Waals surface area (Å²) in [5.74, 6) is -0.124. The molecule has 2 heterocycles. The van der Waals surface area contributed by atoms with Gasteiger partial charge >= 0.3 is 0 Å². The lowest BCUT2D eigenvalue weighted by molar-refractivity contribution is 0.102. The summed E-state index contributed by atoms with van der Waals surface area (Å²) in [7, 11) is 3.95. The van der Waals surface area contributed by atoms with Crippen molar-refractivity contribution in [1.29, 1.82) is 0 Å². The summed E-state index contributed by atoms with van der Waals surface area (Å²) in [6.07, 6.45) is 4.01. The number of rotatable bonds is 4. The lowest BCUT2D eigenvalue weighted by atomic mass is 10.1. The van der Waals surface area contributed by atoms with E-state index in [1.54, 1.807) is 0 Å². The van der Waals surface area contributed by atoms with Gasteiger partial charge in [-0.3, -0.25) is 4.79 Å². The van der Waals surface area contributed by atoms with Gasteiger partial charge in [-0.1, -0.05) is 12.1 Å². The second-order valence-electron chi connectivity index (χ2n) is 7.52. The zero-order valence-electron chi connectivity index (χ0n) is 17.1. The molecule has 0 aliphatic heterocycles. The molecule has 0 radical (unpaired) electrons. The molecule has 4 aromatic rings. The Hall–Kier alpha value is -3.60. The first-order chi connectivity index (χ1) is 13.9. The van der Waals surface area contributed by atoms with Crippen molar-refractivity contribution in [3.63, 3.8) is 0 Å². The van der Waals surface area contributed by atoms with E-state index >= 15 is 0 Å². The fourth-order valence-electron chi connectivity index (χ4n) is 3.24. The predicted molar refractivity (Wildman–Crippen MR) is 119 cm³/mol. The van der Waals surface area contributed by atoms with Gasteiger partial charge in [-0.15, -0.1) is 0 Å². The van der Waals surface area contributed by atoms with E-state index in [9.17, 15) is 4.79 Å². The molecule has 0 saturated heterocycles. The Balaban J connectivity index is 1.61. The van der Waals surface area contributed by atoms with E-state index in [-0.39, 0.29) is 5.91 Å².